The molecule has 164 valence electrons. The van der Waals surface area contributed by atoms with Crippen LogP contribution < -0.4 is 9.47 Å². The number of aromatic hydroxyl groups is 1. The molecule has 30 heavy (non-hydrogen) atoms. The fourth-order valence-corrected chi connectivity index (χ4v) is 4.51. The van der Waals surface area contributed by atoms with E-state index in [0.717, 1.165) is 31.6 Å². The van der Waals surface area contributed by atoms with Crippen molar-refractivity contribution < 1.29 is 19.4 Å². The Morgan fingerprint density at radius 3 is 2.50 bits per heavy atom. The quantitative estimate of drug-likeness (QED) is 0.747. The molecule has 7 nitrogen and oxygen atoms in total. The monoisotopic (exact) mass is 415 g/mol. The van der Waals surface area contributed by atoms with Crippen LogP contribution in [0, 0.1) is 11.8 Å². The van der Waals surface area contributed by atoms with Crippen molar-refractivity contribution in [3.63, 3.8) is 0 Å². The Bertz CT molecular complexity index is 869. The number of hydrogen-bond acceptors (Lipinski definition) is 5. The summed E-state index contributed by atoms with van der Waals surface area (Å²) in [4.78, 5) is 15.3. The number of phenolic OH excluding ortho intramolecular Hbond substituents is 1. The van der Waals surface area contributed by atoms with Crippen LogP contribution in [-0.2, 0) is 11.3 Å². The average Bonchev–Trinajstić information content (AvgIpc) is 3.20. The smallest absolute Gasteiger partial charge is 0.223 e. The fraction of sp³-hybridized carbons (Fsp3) is 0.565. The van der Waals surface area contributed by atoms with E-state index in [9.17, 15) is 9.90 Å². The molecule has 1 aromatic carbocycles. The van der Waals surface area contributed by atoms with Crippen molar-refractivity contribution in [2.75, 3.05) is 27.3 Å². The third-order valence-electron chi connectivity index (χ3n) is 5.88. The highest BCUT2D eigenvalue weighted by atomic mass is 16.5. The molecule has 0 aliphatic carbocycles. The first kappa shape index (κ1) is 22.0. The Labute approximate surface area is 178 Å². The normalized spacial score (nSPS) is 20.1. The molecule has 2 aromatic rings. The average molecular weight is 416 g/mol. The maximum Gasteiger partial charge on any atom is 0.223 e. The van der Waals surface area contributed by atoms with Crippen molar-refractivity contribution in [3.8, 4) is 17.2 Å². The highest BCUT2D eigenvalue weighted by Crippen LogP contribution is 2.43. The first-order valence-electron chi connectivity index (χ1n) is 10.6. The van der Waals surface area contributed by atoms with Gasteiger partial charge in [-0.15, -0.1) is 0 Å². The van der Waals surface area contributed by atoms with Gasteiger partial charge in [-0.25, -0.2) is 0 Å². The van der Waals surface area contributed by atoms with Crippen LogP contribution in [-0.4, -0.2) is 53.0 Å². The Morgan fingerprint density at radius 1 is 1.23 bits per heavy atom. The zero-order chi connectivity index (χ0) is 21.8. The molecule has 0 bridgehead atoms. The van der Waals surface area contributed by atoms with E-state index in [1.807, 2.05) is 22.7 Å². The second-order valence-electron chi connectivity index (χ2n) is 8.39. The lowest BCUT2D eigenvalue weighted by Crippen LogP contribution is -2.43. The second-order valence-corrected chi connectivity index (χ2v) is 8.39. The maximum absolute atomic E-state index is 13.3. The Morgan fingerprint density at radius 2 is 1.93 bits per heavy atom. The number of piperidine rings is 1. The van der Waals surface area contributed by atoms with Crippen LogP contribution in [0.5, 0.6) is 17.2 Å². The zero-order valence-electron chi connectivity index (χ0n) is 18.6. The van der Waals surface area contributed by atoms with Gasteiger partial charge in [0.2, 0.25) is 5.91 Å². The van der Waals surface area contributed by atoms with Crippen LogP contribution in [0.1, 0.15) is 50.7 Å². The molecule has 1 N–H and O–H groups in total. The van der Waals surface area contributed by atoms with Crippen molar-refractivity contribution in [2.24, 2.45) is 11.8 Å². The van der Waals surface area contributed by atoms with Crippen molar-refractivity contribution >= 4 is 5.91 Å². The number of likely N-dealkylation sites (tertiary alicyclic amines) is 1. The molecule has 1 aromatic heterocycles. The summed E-state index contributed by atoms with van der Waals surface area (Å²) in [5.41, 5.74) is 1.46. The lowest BCUT2D eigenvalue weighted by Gasteiger charge is -2.36. The molecular formula is C23H33N3O4. The number of carbonyl (C=O) groups excluding carboxylic acids is 1. The summed E-state index contributed by atoms with van der Waals surface area (Å²) in [6.07, 6.45) is 5.09. The SMILES string of the molecule is CCn1cc(C(CC(=O)N2C[C@H](C)C[C@H](C)C2)c2c(O)cc(OC)cc2OC)cn1. The third-order valence-corrected chi connectivity index (χ3v) is 5.88. The number of nitrogens with zero attached hydrogens (tertiary/aromatic N) is 3. The number of aromatic nitrogens is 2. The van der Waals surface area contributed by atoms with Gasteiger partial charge in [-0.05, 0) is 30.7 Å². The number of phenols is 1. The van der Waals surface area contributed by atoms with Gasteiger partial charge < -0.3 is 19.5 Å². The number of rotatable bonds is 7. The Balaban J connectivity index is 1.99. The molecule has 1 unspecified atom stereocenters. The summed E-state index contributed by atoms with van der Waals surface area (Å²) in [6.45, 7) is 8.67. The van der Waals surface area contributed by atoms with E-state index < -0.39 is 0 Å². The molecule has 0 saturated carbocycles. The number of ether oxygens (including phenoxy) is 2. The lowest BCUT2D eigenvalue weighted by atomic mass is 9.87. The topological polar surface area (TPSA) is 76.8 Å². The van der Waals surface area contributed by atoms with E-state index in [1.54, 1.807) is 32.5 Å². The van der Waals surface area contributed by atoms with Gasteiger partial charge in [0.1, 0.15) is 17.2 Å². The fourth-order valence-electron chi connectivity index (χ4n) is 4.51. The molecule has 1 amide bonds. The summed E-state index contributed by atoms with van der Waals surface area (Å²) in [5.74, 6) is 1.74. The van der Waals surface area contributed by atoms with Gasteiger partial charge in [-0.3, -0.25) is 9.48 Å². The van der Waals surface area contributed by atoms with Gasteiger partial charge in [0.25, 0.3) is 0 Å². The van der Waals surface area contributed by atoms with E-state index in [4.69, 9.17) is 9.47 Å². The van der Waals surface area contributed by atoms with Crippen molar-refractivity contribution in [1.82, 2.24) is 14.7 Å². The molecule has 1 fully saturated rings. The number of methoxy groups -OCH3 is 2. The maximum atomic E-state index is 13.3. The standard InChI is InChI=1S/C23H33N3O4/c1-6-26-14-17(11-24-26)19(10-22(28)25-12-15(2)7-16(3)13-25)23-20(27)8-18(29-4)9-21(23)30-5/h8-9,11,14-16,19,27H,6-7,10,12-13H2,1-5H3/t15-,16+,19?. The molecule has 1 aliphatic heterocycles. The lowest BCUT2D eigenvalue weighted by molar-refractivity contribution is -0.134. The first-order valence-corrected chi connectivity index (χ1v) is 10.6. The van der Waals surface area contributed by atoms with Crippen LogP contribution in [0.15, 0.2) is 24.5 Å². The van der Waals surface area contributed by atoms with Crippen LogP contribution in [0.4, 0.5) is 0 Å². The van der Waals surface area contributed by atoms with E-state index in [0.29, 0.717) is 28.9 Å². The van der Waals surface area contributed by atoms with Crippen LogP contribution in [0.2, 0.25) is 0 Å². The number of benzene rings is 1. The largest absolute Gasteiger partial charge is 0.507 e. The van der Waals surface area contributed by atoms with Crippen LogP contribution >= 0.6 is 0 Å². The molecule has 3 atom stereocenters. The highest BCUT2D eigenvalue weighted by molar-refractivity contribution is 5.78. The van der Waals surface area contributed by atoms with Crippen LogP contribution in [0.25, 0.3) is 0 Å². The van der Waals surface area contributed by atoms with E-state index >= 15 is 0 Å². The minimum atomic E-state index is -0.369. The summed E-state index contributed by atoms with van der Waals surface area (Å²) < 4.78 is 12.7. The number of aryl methyl sites for hydroxylation is 1. The molecule has 1 aliphatic rings. The first-order chi connectivity index (χ1) is 14.4. The summed E-state index contributed by atoms with van der Waals surface area (Å²) in [6, 6.07) is 3.30. The number of carbonyl (C=O) groups is 1. The van der Waals surface area contributed by atoms with Gasteiger partial charge in [-0.2, -0.15) is 5.10 Å². The molecule has 0 spiro atoms. The van der Waals surface area contributed by atoms with Gasteiger partial charge in [0.05, 0.1) is 20.4 Å². The van der Waals surface area contributed by atoms with E-state index in [1.165, 1.54) is 0 Å². The minimum Gasteiger partial charge on any atom is -0.507 e. The van der Waals surface area contributed by atoms with Gasteiger partial charge in [0, 0.05) is 55.9 Å². The minimum absolute atomic E-state index is 0.0497. The second kappa shape index (κ2) is 9.41. The van der Waals surface area contributed by atoms with Crippen molar-refractivity contribution in [1.29, 1.82) is 0 Å². The van der Waals surface area contributed by atoms with Crippen molar-refractivity contribution in [3.05, 3.63) is 35.7 Å². The number of hydrogen-bond donors (Lipinski definition) is 1. The van der Waals surface area contributed by atoms with Gasteiger partial charge >= 0.3 is 0 Å². The Hall–Kier alpha value is -2.70. The Kier molecular flexibility index (Phi) is 6.90. The van der Waals surface area contributed by atoms with Gasteiger partial charge in [-0.1, -0.05) is 13.8 Å². The number of amides is 1. The predicted octanol–water partition coefficient (Wildman–Crippen LogP) is 3.65. The van der Waals surface area contributed by atoms with Crippen molar-refractivity contribution in [2.45, 2.75) is 46.1 Å². The summed E-state index contributed by atoms with van der Waals surface area (Å²) >= 11 is 0. The van der Waals surface area contributed by atoms with E-state index in [-0.39, 0.29) is 24.0 Å². The van der Waals surface area contributed by atoms with Crippen LogP contribution in [0.3, 0.4) is 0 Å². The molecule has 3 rings (SSSR count). The summed E-state index contributed by atoms with van der Waals surface area (Å²) in [5, 5.41) is 15.2. The van der Waals surface area contributed by atoms with Gasteiger partial charge in [0.15, 0.2) is 0 Å². The third kappa shape index (κ3) is 4.71. The molecule has 2 heterocycles. The predicted molar refractivity (Wildman–Crippen MR) is 115 cm³/mol. The highest BCUT2D eigenvalue weighted by Gasteiger charge is 2.31. The molecule has 0 radical (unpaired) electrons. The molecule has 7 heteroatoms. The molecule has 1 saturated heterocycles. The molecular weight excluding hydrogens is 382 g/mol. The van der Waals surface area contributed by atoms with E-state index in [2.05, 4.69) is 18.9 Å². The summed E-state index contributed by atoms with van der Waals surface area (Å²) in [7, 11) is 3.10. The zero-order valence-corrected chi connectivity index (χ0v) is 18.6.